The van der Waals surface area contributed by atoms with Gasteiger partial charge in [-0.25, -0.2) is 4.79 Å². The molecule has 0 spiro atoms. The minimum Gasteiger partial charge on any atom is -0.459 e. The molecule has 0 aliphatic rings. The lowest BCUT2D eigenvalue weighted by molar-refractivity contribution is -0.0100. The van der Waals surface area contributed by atoms with E-state index in [-0.39, 0.29) is 6.61 Å². The molecule has 15 heavy (non-hydrogen) atoms. The van der Waals surface area contributed by atoms with E-state index in [1.54, 1.807) is 38.1 Å². The fourth-order valence-electron chi connectivity index (χ4n) is 0.947. The van der Waals surface area contributed by atoms with Gasteiger partial charge in [0.1, 0.15) is 6.61 Å². The smallest absolute Gasteiger partial charge is 0.339 e. The van der Waals surface area contributed by atoms with Crippen LogP contribution in [0.5, 0.6) is 0 Å². The predicted octanol–water partition coefficient (Wildman–Crippen LogP) is 2.27. The van der Waals surface area contributed by atoms with Crippen molar-refractivity contribution in [1.29, 1.82) is 0 Å². The Morgan fingerprint density at radius 3 is 2.60 bits per heavy atom. The molecular weight excluding hydrogens is 216 g/mol. The molecule has 0 aromatic heterocycles. The van der Waals surface area contributed by atoms with Crippen LogP contribution < -0.4 is 0 Å². The van der Waals surface area contributed by atoms with Crippen molar-refractivity contribution in [2.24, 2.45) is 0 Å². The SMILES string of the molecule is CC(C)(O)COC(=O)c1ccccc1Cl. The van der Waals surface area contributed by atoms with Gasteiger partial charge in [0, 0.05) is 0 Å². The summed E-state index contributed by atoms with van der Waals surface area (Å²) in [4.78, 5) is 11.5. The number of rotatable bonds is 3. The highest BCUT2D eigenvalue weighted by atomic mass is 35.5. The maximum Gasteiger partial charge on any atom is 0.339 e. The highest BCUT2D eigenvalue weighted by Crippen LogP contribution is 2.16. The van der Waals surface area contributed by atoms with Crippen LogP contribution in [0.15, 0.2) is 24.3 Å². The van der Waals surface area contributed by atoms with Crippen LogP contribution in [0.25, 0.3) is 0 Å². The van der Waals surface area contributed by atoms with Crippen molar-refractivity contribution < 1.29 is 14.6 Å². The normalized spacial score (nSPS) is 11.2. The molecular formula is C11H13ClO3. The average molecular weight is 229 g/mol. The monoisotopic (exact) mass is 228 g/mol. The molecule has 0 saturated heterocycles. The van der Waals surface area contributed by atoms with E-state index < -0.39 is 11.6 Å². The Morgan fingerprint density at radius 1 is 1.47 bits per heavy atom. The average Bonchev–Trinajstić information content (AvgIpc) is 2.14. The van der Waals surface area contributed by atoms with Gasteiger partial charge in [0.2, 0.25) is 0 Å². The van der Waals surface area contributed by atoms with Crippen LogP contribution in [0, 0.1) is 0 Å². The molecule has 0 aliphatic carbocycles. The zero-order valence-electron chi connectivity index (χ0n) is 8.66. The zero-order chi connectivity index (χ0) is 11.5. The standard InChI is InChI=1S/C11H13ClO3/c1-11(2,14)7-15-10(13)8-5-3-4-6-9(8)12/h3-6,14H,7H2,1-2H3. The first-order valence-corrected chi connectivity index (χ1v) is 4.92. The summed E-state index contributed by atoms with van der Waals surface area (Å²) in [5.74, 6) is -0.525. The summed E-state index contributed by atoms with van der Waals surface area (Å²) in [5, 5.41) is 9.72. The summed E-state index contributed by atoms with van der Waals surface area (Å²) in [5.41, 5.74) is -0.722. The van der Waals surface area contributed by atoms with Crippen molar-refractivity contribution in [3.05, 3.63) is 34.9 Å². The number of carbonyl (C=O) groups is 1. The van der Waals surface area contributed by atoms with Gasteiger partial charge in [-0.3, -0.25) is 0 Å². The Kier molecular flexibility index (Phi) is 3.72. The first-order chi connectivity index (χ1) is 6.90. The second-order valence-electron chi connectivity index (χ2n) is 3.87. The van der Waals surface area contributed by atoms with Crippen molar-refractivity contribution in [2.45, 2.75) is 19.4 Å². The third-order valence-electron chi connectivity index (χ3n) is 1.65. The molecule has 1 N–H and O–H groups in total. The summed E-state index contributed by atoms with van der Waals surface area (Å²) >= 11 is 5.81. The third-order valence-corrected chi connectivity index (χ3v) is 1.98. The first kappa shape index (κ1) is 12.0. The summed E-state index contributed by atoms with van der Waals surface area (Å²) in [6.07, 6.45) is 0. The molecule has 1 aromatic carbocycles. The molecule has 3 nitrogen and oxygen atoms in total. The topological polar surface area (TPSA) is 46.5 Å². The second-order valence-corrected chi connectivity index (χ2v) is 4.28. The molecule has 0 heterocycles. The highest BCUT2D eigenvalue weighted by molar-refractivity contribution is 6.33. The molecule has 0 fully saturated rings. The Bertz CT molecular complexity index is 355. The second kappa shape index (κ2) is 4.64. The molecule has 0 saturated carbocycles. The number of ether oxygens (including phenoxy) is 1. The minimum absolute atomic E-state index is 0.0585. The van der Waals surface area contributed by atoms with E-state index in [0.29, 0.717) is 10.6 Å². The van der Waals surface area contributed by atoms with Crippen molar-refractivity contribution >= 4 is 17.6 Å². The van der Waals surface area contributed by atoms with Gasteiger partial charge in [0.25, 0.3) is 0 Å². The molecule has 82 valence electrons. The number of hydrogen-bond donors (Lipinski definition) is 1. The predicted molar refractivity (Wildman–Crippen MR) is 58.0 cm³/mol. The Morgan fingerprint density at radius 2 is 2.07 bits per heavy atom. The van der Waals surface area contributed by atoms with Crippen molar-refractivity contribution in [3.63, 3.8) is 0 Å². The number of carbonyl (C=O) groups excluding carboxylic acids is 1. The van der Waals surface area contributed by atoms with Crippen LogP contribution in [0.2, 0.25) is 5.02 Å². The lowest BCUT2D eigenvalue weighted by Crippen LogP contribution is -2.27. The Hall–Kier alpha value is -1.06. The fourth-order valence-corrected chi connectivity index (χ4v) is 1.16. The molecule has 0 bridgehead atoms. The maximum absolute atomic E-state index is 11.5. The molecule has 1 aromatic rings. The largest absolute Gasteiger partial charge is 0.459 e. The molecule has 0 unspecified atom stereocenters. The van der Waals surface area contributed by atoms with Gasteiger partial charge in [-0.2, -0.15) is 0 Å². The van der Waals surface area contributed by atoms with E-state index in [4.69, 9.17) is 16.3 Å². The molecule has 0 amide bonds. The van der Waals surface area contributed by atoms with E-state index in [1.165, 1.54) is 0 Å². The van der Waals surface area contributed by atoms with Crippen molar-refractivity contribution in [3.8, 4) is 0 Å². The number of esters is 1. The van der Waals surface area contributed by atoms with Gasteiger partial charge < -0.3 is 9.84 Å². The Labute approximate surface area is 93.6 Å². The van der Waals surface area contributed by atoms with Crippen LogP contribution in [-0.2, 0) is 4.74 Å². The first-order valence-electron chi connectivity index (χ1n) is 4.54. The third kappa shape index (κ3) is 3.90. The van der Waals surface area contributed by atoms with E-state index in [9.17, 15) is 9.90 Å². The highest BCUT2D eigenvalue weighted by Gasteiger charge is 2.17. The van der Waals surface area contributed by atoms with Crippen LogP contribution in [0.1, 0.15) is 24.2 Å². The van der Waals surface area contributed by atoms with Crippen molar-refractivity contribution in [2.75, 3.05) is 6.61 Å². The summed E-state index contributed by atoms with van der Waals surface area (Å²) in [6, 6.07) is 6.62. The van der Waals surface area contributed by atoms with Crippen LogP contribution in [-0.4, -0.2) is 23.3 Å². The molecule has 0 atom stereocenters. The van der Waals surface area contributed by atoms with Crippen molar-refractivity contribution in [1.82, 2.24) is 0 Å². The maximum atomic E-state index is 11.5. The van der Waals surface area contributed by atoms with Gasteiger partial charge >= 0.3 is 5.97 Å². The molecule has 4 heteroatoms. The van der Waals surface area contributed by atoms with E-state index in [2.05, 4.69) is 0 Å². The van der Waals surface area contributed by atoms with Crippen LogP contribution in [0.3, 0.4) is 0 Å². The molecule has 1 rings (SSSR count). The minimum atomic E-state index is -1.03. The van der Waals surface area contributed by atoms with Crippen LogP contribution in [0.4, 0.5) is 0 Å². The lowest BCUT2D eigenvalue weighted by atomic mass is 10.1. The fraction of sp³-hybridized carbons (Fsp3) is 0.364. The zero-order valence-corrected chi connectivity index (χ0v) is 9.41. The van der Waals surface area contributed by atoms with Gasteiger partial charge in [-0.05, 0) is 26.0 Å². The van der Waals surface area contributed by atoms with E-state index >= 15 is 0 Å². The van der Waals surface area contributed by atoms with Gasteiger partial charge in [-0.15, -0.1) is 0 Å². The number of hydrogen-bond acceptors (Lipinski definition) is 3. The van der Waals surface area contributed by atoms with Gasteiger partial charge in [0.15, 0.2) is 0 Å². The van der Waals surface area contributed by atoms with E-state index in [0.717, 1.165) is 0 Å². The summed E-state index contributed by atoms with van der Waals surface area (Å²) in [7, 11) is 0. The Balaban J connectivity index is 2.66. The summed E-state index contributed by atoms with van der Waals surface area (Å²) < 4.78 is 4.90. The quantitative estimate of drug-likeness (QED) is 0.808. The molecule has 0 aliphatic heterocycles. The number of aliphatic hydroxyl groups is 1. The van der Waals surface area contributed by atoms with Crippen LogP contribution >= 0.6 is 11.6 Å². The summed E-state index contributed by atoms with van der Waals surface area (Å²) in [6.45, 7) is 3.07. The molecule has 0 radical (unpaired) electrons. The van der Waals surface area contributed by atoms with Gasteiger partial charge in [0.05, 0.1) is 16.2 Å². The van der Waals surface area contributed by atoms with Gasteiger partial charge in [-0.1, -0.05) is 23.7 Å². The number of benzene rings is 1. The number of halogens is 1. The lowest BCUT2D eigenvalue weighted by Gasteiger charge is -2.16. The van der Waals surface area contributed by atoms with E-state index in [1.807, 2.05) is 0 Å².